The monoisotopic (exact) mass is 214 g/mol. The van der Waals surface area contributed by atoms with Crippen LogP contribution in [0, 0.1) is 12.3 Å². The first-order valence-electron chi connectivity index (χ1n) is 4.31. The summed E-state index contributed by atoms with van der Waals surface area (Å²) in [5.74, 6) is -0.807. The fraction of sp³-hybridized carbons (Fsp3) is 0.556. The number of thiazole rings is 1. The van der Waals surface area contributed by atoms with Gasteiger partial charge in [0.25, 0.3) is 0 Å². The molecule has 0 amide bonds. The first-order chi connectivity index (χ1) is 6.42. The molecular weight excluding hydrogens is 200 g/mol. The lowest BCUT2D eigenvalue weighted by atomic mass is 9.94. The van der Waals surface area contributed by atoms with Crippen molar-refractivity contribution in [3.63, 3.8) is 0 Å². The fourth-order valence-electron chi connectivity index (χ4n) is 0.807. The van der Waals surface area contributed by atoms with E-state index in [2.05, 4.69) is 10.3 Å². The number of carboxylic acids is 1. The molecule has 0 aromatic carbocycles. The van der Waals surface area contributed by atoms with Gasteiger partial charge >= 0.3 is 5.97 Å². The summed E-state index contributed by atoms with van der Waals surface area (Å²) in [6.45, 7) is 5.66. The van der Waals surface area contributed by atoms with Gasteiger partial charge < -0.3 is 10.4 Å². The predicted octanol–water partition coefficient (Wildman–Crippen LogP) is 1.97. The van der Waals surface area contributed by atoms with Crippen molar-refractivity contribution in [3.8, 4) is 0 Å². The van der Waals surface area contributed by atoms with E-state index in [0.717, 1.165) is 10.8 Å². The molecule has 5 heteroatoms. The Kier molecular flexibility index (Phi) is 3.10. The Morgan fingerprint density at radius 3 is 2.79 bits per heavy atom. The Balaban J connectivity index is 2.52. The van der Waals surface area contributed by atoms with Crippen molar-refractivity contribution in [2.75, 3.05) is 11.9 Å². The van der Waals surface area contributed by atoms with Gasteiger partial charge in [-0.25, -0.2) is 4.98 Å². The maximum atomic E-state index is 10.8. The smallest absolute Gasteiger partial charge is 0.310 e. The van der Waals surface area contributed by atoms with Gasteiger partial charge in [-0.2, -0.15) is 0 Å². The molecule has 0 spiro atoms. The van der Waals surface area contributed by atoms with Crippen LogP contribution in [0.2, 0.25) is 0 Å². The van der Waals surface area contributed by atoms with Crippen molar-refractivity contribution in [2.45, 2.75) is 20.8 Å². The predicted molar refractivity (Wildman–Crippen MR) is 56.8 cm³/mol. The normalized spacial score (nSPS) is 11.4. The first kappa shape index (κ1) is 11.0. The van der Waals surface area contributed by atoms with Gasteiger partial charge in [0.05, 0.1) is 11.1 Å². The molecule has 0 atom stereocenters. The van der Waals surface area contributed by atoms with E-state index in [1.807, 2.05) is 12.3 Å². The zero-order valence-electron chi connectivity index (χ0n) is 8.50. The zero-order valence-corrected chi connectivity index (χ0v) is 9.31. The molecule has 0 aliphatic heterocycles. The summed E-state index contributed by atoms with van der Waals surface area (Å²) in [5.41, 5.74) is 0.185. The third kappa shape index (κ3) is 2.70. The largest absolute Gasteiger partial charge is 0.481 e. The van der Waals surface area contributed by atoms with Crippen molar-refractivity contribution in [2.24, 2.45) is 5.41 Å². The molecule has 4 nitrogen and oxygen atoms in total. The minimum Gasteiger partial charge on any atom is -0.481 e. The van der Waals surface area contributed by atoms with Crippen LogP contribution in [-0.2, 0) is 4.79 Å². The molecule has 1 aromatic rings. The van der Waals surface area contributed by atoms with Crippen LogP contribution in [0.5, 0.6) is 0 Å². The van der Waals surface area contributed by atoms with E-state index >= 15 is 0 Å². The van der Waals surface area contributed by atoms with Crippen molar-refractivity contribution in [1.29, 1.82) is 0 Å². The molecule has 14 heavy (non-hydrogen) atoms. The molecule has 0 saturated heterocycles. The number of aliphatic carboxylic acids is 1. The fourth-order valence-corrected chi connectivity index (χ4v) is 1.49. The lowest BCUT2D eigenvalue weighted by Gasteiger charge is -2.18. The summed E-state index contributed by atoms with van der Waals surface area (Å²) < 4.78 is 0. The molecule has 0 aliphatic carbocycles. The third-order valence-corrected chi connectivity index (χ3v) is 2.80. The zero-order chi connectivity index (χ0) is 10.8. The van der Waals surface area contributed by atoms with Gasteiger partial charge in [0.1, 0.15) is 0 Å². The van der Waals surface area contributed by atoms with Crippen LogP contribution < -0.4 is 5.32 Å². The minimum absolute atomic E-state index is 0.384. The van der Waals surface area contributed by atoms with Crippen LogP contribution in [0.4, 0.5) is 5.13 Å². The van der Waals surface area contributed by atoms with Crippen molar-refractivity contribution in [1.82, 2.24) is 4.98 Å². The number of carboxylic acid groups (broad SMARTS) is 1. The van der Waals surface area contributed by atoms with Gasteiger partial charge in [0.2, 0.25) is 0 Å². The average Bonchev–Trinajstić information content (AvgIpc) is 2.48. The van der Waals surface area contributed by atoms with Crippen LogP contribution in [0.1, 0.15) is 19.5 Å². The van der Waals surface area contributed by atoms with Gasteiger partial charge in [-0.1, -0.05) is 0 Å². The van der Waals surface area contributed by atoms with Gasteiger partial charge in [-0.15, -0.1) is 11.3 Å². The molecule has 0 fully saturated rings. The molecule has 0 saturated carbocycles. The van der Waals surface area contributed by atoms with Crippen LogP contribution in [0.15, 0.2) is 5.38 Å². The van der Waals surface area contributed by atoms with E-state index in [4.69, 9.17) is 5.11 Å². The van der Waals surface area contributed by atoms with E-state index in [0.29, 0.717) is 6.54 Å². The lowest BCUT2D eigenvalue weighted by Crippen LogP contribution is -2.31. The van der Waals surface area contributed by atoms with Crippen molar-refractivity contribution in [3.05, 3.63) is 11.1 Å². The lowest BCUT2D eigenvalue weighted by molar-refractivity contribution is -0.146. The van der Waals surface area contributed by atoms with Crippen LogP contribution >= 0.6 is 11.3 Å². The van der Waals surface area contributed by atoms with Crippen LogP contribution in [0.3, 0.4) is 0 Å². The number of anilines is 1. The van der Waals surface area contributed by atoms with E-state index < -0.39 is 11.4 Å². The molecule has 1 aromatic heterocycles. The highest BCUT2D eigenvalue weighted by Gasteiger charge is 2.26. The average molecular weight is 214 g/mol. The number of nitrogens with one attached hydrogen (secondary N) is 1. The third-order valence-electron chi connectivity index (χ3n) is 1.88. The Bertz CT molecular complexity index is 333. The second-order valence-electron chi connectivity index (χ2n) is 3.84. The highest BCUT2D eigenvalue weighted by atomic mass is 32.1. The van der Waals surface area contributed by atoms with Crippen LogP contribution in [0.25, 0.3) is 0 Å². The van der Waals surface area contributed by atoms with E-state index in [1.54, 1.807) is 13.8 Å². The molecule has 0 bridgehead atoms. The Morgan fingerprint density at radius 2 is 2.36 bits per heavy atom. The van der Waals surface area contributed by atoms with Crippen molar-refractivity contribution < 1.29 is 9.90 Å². The first-order valence-corrected chi connectivity index (χ1v) is 5.19. The van der Waals surface area contributed by atoms with E-state index in [-0.39, 0.29) is 0 Å². The molecule has 0 aliphatic rings. The Morgan fingerprint density at radius 1 is 1.71 bits per heavy atom. The summed E-state index contributed by atoms with van der Waals surface area (Å²) in [6, 6.07) is 0. The van der Waals surface area contributed by atoms with Crippen LogP contribution in [-0.4, -0.2) is 22.6 Å². The van der Waals surface area contributed by atoms with Gasteiger partial charge in [-0.3, -0.25) is 4.79 Å². The number of rotatable bonds is 4. The maximum absolute atomic E-state index is 10.8. The molecule has 1 heterocycles. The number of carbonyl (C=O) groups is 1. The second-order valence-corrected chi connectivity index (χ2v) is 4.69. The molecule has 0 radical (unpaired) electrons. The summed E-state index contributed by atoms with van der Waals surface area (Å²) in [6.07, 6.45) is 0. The summed E-state index contributed by atoms with van der Waals surface area (Å²) in [7, 11) is 0. The Hall–Kier alpha value is -1.10. The standard InChI is InChI=1S/C9H14N2O2S/c1-6-4-14-8(11-6)10-5-9(2,3)7(12)13/h4H,5H2,1-3H3,(H,10,11)(H,12,13). The minimum atomic E-state index is -0.807. The summed E-state index contributed by atoms with van der Waals surface area (Å²) in [4.78, 5) is 15.0. The molecule has 2 N–H and O–H groups in total. The summed E-state index contributed by atoms with van der Waals surface area (Å²) in [5, 5.41) is 14.6. The number of aryl methyl sites for hydroxylation is 1. The van der Waals surface area contributed by atoms with Gasteiger partial charge in [-0.05, 0) is 20.8 Å². The number of hydrogen-bond donors (Lipinski definition) is 2. The highest BCUT2D eigenvalue weighted by Crippen LogP contribution is 2.19. The topological polar surface area (TPSA) is 62.2 Å². The molecule has 0 unspecified atom stereocenters. The van der Waals surface area contributed by atoms with Crippen molar-refractivity contribution >= 4 is 22.4 Å². The van der Waals surface area contributed by atoms with E-state index in [1.165, 1.54) is 11.3 Å². The second kappa shape index (κ2) is 3.96. The summed E-state index contributed by atoms with van der Waals surface area (Å²) >= 11 is 1.49. The maximum Gasteiger partial charge on any atom is 0.310 e. The quantitative estimate of drug-likeness (QED) is 0.804. The van der Waals surface area contributed by atoms with Gasteiger partial charge in [0.15, 0.2) is 5.13 Å². The van der Waals surface area contributed by atoms with Gasteiger partial charge in [0, 0.05) is 11.9 Å². The molecular formula is C9H14N2O2S. The number of hydrogen-bond acceptors (Lipinski definition) is 4. The van der Waals surface area contributed by atoms with E-state index in [9.17, 15) is 4.79 Å². The Labute approximate surface area is 87.0 Å². The molecule has 78 valence electrons. The highest BCUT2D eigenvalue weighted by molar-refractivity contribution is 7.13. The SMILES string of the molecule is Cc1csc(NCC(C)(C)C(=O)O)n1. The number of nitrogens with zero attached hydrogens (tertiary/aromatic N) is 1. The molecule has 1 rings (SSSR count). The number of aromatic nitrogens is 1.